The highest BCUT2D eigenvalue weighted by atomic mass is 16.5. The number of hydrogen-bond donors (Lipinski definition) is 0. The third-order valence-corrected chi connectivity index (χ3v) is 4.68. The van der Waals surface area contributed by atoms with E-state index in [-0.39, 0.29) is 24.5 Å². The van der Waals surface area contributed by atoms with Gasteiger partial charge in [0, 0.05) is 7.05 Å². The smallest absolute Gasteiger partial charge is 0.356 e. The second-order valence-electron chi connectivity index (χ2n) is 6.50. The summed E-state index contributed by atoms with van der Waals surface area (Å²) in [7, 11) is 1.57. The lowest BCUT2D eigenvalue weighted by atomic mass is 9.76. The van der Waals surface area contributed by atoms with Crippen molar-refractivity contribution in [1.29, 1.82) is 0 Å². The number of aromatic nitrogens is 2. The van der Waals surface area contributed by atoms with E-state index in [0.29, 0.717) is 11.4 Å². The number of hydrogen-bond acceptors (Lipinski definition) is 8. The van der Waals surface area contributed by atoms with Crippen LogP contribution >= 0.6 is 0 Å². The standard InChI is InChI=1S/C20H22N4O5/c1-5-28-18(26)16-20(3,19(27)29-6-2)15-14(23(4)22-16)12-21-24(17(15)25)13-10-8-7-9-11-13/h7-12H,5-6H2,1-4H3. The van der Waals surface area contributed by atoms with Crippen LogP contribution in [0.2, 0.25) is 0 Å². The summed E-state index contributed by atoms with van der Waals surface area (Å²) in [6.07, 6.45) is 1.44. The number of para-hydroxylation sites is 1. The molecule has 0 spiro atoms. The van der Waals surface area contributed by atoms with E-state index in [2.05, 4.69) is 10.2 Å². The Bertz CT molecular complexity index is 1030. The normalized spacial score (nSPS) is 17.9. The summed E-state index contributed by atoms with van der Waals surface area (Å²) < 4.78 is 11.5. The van der Waals surface area contributed by atoms with Crippen molar-refractivity contribution in [2.45, 2.75) is 26.2 Å². The van der Waals surface area contributed by atoms with E-state index in [0.717, 1.165) is 0 Å². The van der Waals surface area contributed by atoms with E-state index in [1.165, 1.54) is 22.8 Å². The maximum Gasteiger partial charge on any atom is 0.356 e. The van der Waals surface area contributed by atoms with Crippen LogP contribution in [0.1, 0.15) is 26.3 Å². The Morgan fingerprint density at radius 1 is 1.10 bits per heavy atom. The van der Waals surface area contributed by atoms with Crippen LogP contribution in [-0.4, -0.2) is 47.7 Å². The number of nitrogens with zero attached hydrogens (tertiary/aromatic N) is 4. The molecule has 0 aliphatic carbocycles. The molecule has 1 aromatic carbocycles. The summed E-state index contributed by atoms with van der Waals surface area (Å²) in [6, 6.07) is 8.79. The number of anilines is 1. The molecule has 0 bridgehead atoms. The SMILES string of the molecule is CCOC(=O)C1=NN(C)c2cnn(-c3ccccc3)c(=O)c2C1(C)C(=O)OCC. The van der Waals surface area contributed by atoms with E-state index >= 15 is 0 Å². The molecule has 9 heteroatoms. The van der Waals surface area contributed by atoms with Gasteiger partial charge >= 0.3 is 11.9 Å². The van der Waals surface area contributed by atoms with Crippen molar-refractivity contribution in [3.8, 4) is 5.69 Å². The molecule has 0 N–H and O–H groups in total. The number of carbonyl (C=O) groups is 2. The van der Waals surface area contributed by atoms with Gasteiger partial charge in [-0.15, -0.1) is 0 Å². The predicted octanol–water partition coefficient (Wildman–Crippen LogP) is 1.42. The van der Waals surface area contributed by atoms with Crippen LogP contribution in [0.15, 0.2) is 46.4 Å². The molecule has 3 rings (SSSR count). The zero-order chi connectivity index (χ0) is 21.2. The quantitative estimate of drug-likeness (QED) is 0.702. The molecular weight excluding hydrogens is 376 g/mol. The first kappa shape index (κ1) is 20.2. The maximum atomic E-state index is 13.5. The minimum atomic E-state index is -1.75. The second-order valence-corrected chi connectivity index (χ2v) is 6.50. The summed E-state index contributed by atoms with van der Waals surface area (Å²) >= 11 is 0. The molecule has 2 aromatic rings. The minimum Gasteiger partial charge on any atom is -0.465 e. The second kappa shape index (κ2) is 7.86. The molecule has 1 aliphatic heterocycles. The minimum absolute atomic E-state index is 0.0513. The Labute approximate surface area is 167 Å². The van der Waals surface area contributed by atoms with Crippen molar-refractivity contribution < 1.29 is 19.1 Å². The number of hydrazone groups is 1. The van der Waals surface area contributed by atoms with Crippen molar-refractivity contribution in [1.82, 2.24) is 9.78 Å². The number of ether oxygens (including phenoxy) is 2. The predicted molar refractivity (Wildman–Crippen MR) is 106 cm³/mol. The van der Waals surface area contributed by atoms with Gasteiger partial charge in [0.05, 0.1) is 36.3 Å². The van der Waals surface area contributed by atoms with Gasteiger partial charge in [-0.05, 0) is 32.9 Å². The summed E-state index contributed by atoms with van der Waals surface area (Å²) in [6.45, 7) is 4.91. The number of benzene rings is 1. The monoisotopic (exact) mass is 398 g/mol. The maximum absolute atomic E-state index is 13.5. The van der Waals surface area contributed by atoms with E-state index in [4.69, 9.17) is 9.47 Å². The van der Waals surface area contributed by atoms with Crippen LogP contribution in [0.5, 0.6) is 0 Å². The molecule has 0 fully saturated rings. The van der Waals surface area contributed by atoms with Crippen LogP contribution in [0.3, 0.4) is 0 Å². The topological polar surface area (TPSA) is 103 Å². The number of carbonyl (C=O) groups excluding carboxylic acids is 2. The molecule has 0 saturated carbocycles. The van der Waals surface area contributed by atoms with Gasteiger partial charge in [0.1, 0.15) is 5.41 Å². The zero-order valence-corrected chi connectivity index (χ0v) is 16.7. The molecule has 0 saturated heterocycles. The van der Waals surface area contributed by atoms with Crippen LogP contribution in [0.4, 0.5) is 5.69 Å². The number of rotatable bonds is 5. The molecule has 29 heavy (non-hydrogen) atoms. The molecule has 1 aliphatic rings. The molecule has 0 radical (unpaired) electrons. The van der Waals surface area contributed by atoms with Crippen molar-refractivity contribution >= 4 is 23.3 Å². The van der Waals surface area contributed by atoms with Gasteiger partial charge in [0.2, 0.25) is 0 Å². The van der Waals surface area contributed by atoms with Gasteiger partial charge in [-0.25, -0.2) is 4.79 Å². The summed E-state index contributed by atoms with van der Waals surface area (Å²) in [4.78, 5) is 39.1. The lowest BCUT2D eigenvalue weighted by Gasteiger charge is -2.35. The van der Waals surface area contributed by atoms with Crippen molar-refractivity contribution in [2.75, 3.05) is 25.3 Å². The Kier molecular flexibility index (Phi) is 5.49. The molecule has 1 atom stereocenters. The van der Waals surface area contributed by atoms with Gasteiger partial charge in [0.15, 0.2) is 5.71 Å². The molecular formula is C20H22N4O5. The van der Waals surface area contributed by atoms with Crippen LogP contribution < -0.4 is 10.6 Å². The van der Waals surface area contributed by atoms with Gasteiger partial charge in [-0.1, -0.05) is 18.2 Å². The Hall–Kier alpha value is -3.49. The van der Waals surface area contributed by atoms with Gasteiger partial charge in [-0.3, -0.25) is 14.6 Å². The first-order valence-electron chi connectivity index (χ1n) is 9.21. The lowest BCUT2D eigenvalue weighted by Crippen LogP contribution is -2.54. The van der Waals surface area contributed by atoms with Gasteiger partial charge < -0.3 is 9.47 Å². The van der Waals surface area contributed by atoms with Crippen molar-refractivity contribution in [2.24, 2.45) is 5.10 Å². The summed E-state index contributed by atoms with van der Waals surface area (Å²) in [5.41, 5.74) is -1.63. The van der Waals surface area contributed by atoms with Crippen LogP contribution in [0.25, 0.3) is 5.69 Å². The number of esters is 2. The van der Waals surface area contributed by atoms with Crippen LogP contribution in [0, 0.1) is 0 Å². The van der Waals surface area contributed by atoms with Crippen molar-refractivity contribution in [3.63, 3.8) is 0 Å². The molecule has 2 heterocycles. The average molecular weight is 398 g/mol. The largest absolute Gasteiger partial charge is 0.465 e. The highest BCUT2D eigenvalue weighted by Crippen LogP contribution is 2.36. The van der Waals surface area contributed by atoms with E-state index in [9.17, 15) is 14.4 Å². The number of fused-ring (bicyclic) bond motifs is 1. The summed E-state index contributed by atoms with van der Waals surface area (Å²) in [5, 5.41) is 9.78. The Morgan fingerprint density at radius 3 is 2.38 bits per heavy atom. The first-order chi connectivity index (χ1) is 13.9. The lowest BCUT2D eigenvalue weighted by molar-refractivity contribution is -0.148. The highest BCUT2D eigenvalue weighted by Gasteiger charge is 2.53. The average Bonchev–Trinajstić information content (AvgIpc) is 2.71. The first-order valence-corrected chi connectivity index (χ1v) is 9.21. The van der Waals surface area contributed by atoms with E-state index in [1.807, 2.05) is 6.07 Å². The van der Waals surface area contributed by atoms with Crippen molar-refractivity contribution in [3.05, 3.63) is 52.4 Å². The highest BCUT2D eigenvalue weighted by molar-refractivity contribution is 6.45. The van der Waals surface area contributed by atoms with Gasteiger partial charge in [-0.2, -0.15) is 14.9 Å². The fourth-order valence-electron chi connectivity index (χ4n) is 3.25. The fourth-order valence-corrected chi connectivity index (χ4v) is 3.25. The summed E-state index contributed by atoms with van der Waals surface area (Å²) in [5.74, 6) is -1.55. The van der Waals surface area contributed by atoms with E-state index in [1.54, 1.807) is 45.2 Å². The Morgan fingerprint density at radius 2 is 1.76 bits per heavy atom. The zero-order valence-electron chi connectivity index (χ0n) is 16.7. The van der Waals surface area contributed by atoms with E-state index < -0.39 is 22.9 Å². The molecule has 1 unspecified atom stereocenters. The third-order valence-electron chi connectivity index (χ3n) is 4.68. The van der Waals surface area contributed by atoms with Gasteiger partial charge in [0.25, 0.3) is 5.56 Å². The Balaban J connectivity index is 2.31. The van der Waals surface area contributed by atoms with Crippen LogP contribution in [-0.2, 0) is 24.5 Å². The molecule has 152 valence electrons. The molecule has 9 nitrogen and oxygen atoms in total. The fraction of sp³-hybridized carbons (Fsp3) is 0.350. The molecule has 1 aromatic heterocycles. The molecule has 0 amide bonds. The third kappa shape index (κ3) is 3.28.